The first-order chi connectivity index (χ1) is 11.6. The molecule has 0 aliphatic carbocycles. The molecule has 5 nitrogen and oxygen atoms in total. The van der Waals surface area contributed by atoms with Crippen molar-refractivity contribution >= 4 is 16.9 Å². The van der Waals surface area contributed by atoms with E-state index in [4.69, 9.17) is 9.15 Å². The first-order valence-corrected chi connectivity index (χ1v) is 7.58. The van der Waals surface area contributed by atoms with E-state index in [0.717, 1.165) is 5.56 Å². The summed E-state index contributed by atoms with van der Waals surface area (Å²) in [5.74, 6) is 0.502. The van der Waals surface area contributed by atoms with Gasteiger partial charge in [-0.15, -0.1) is 0 Å². The van der Waals surface area contributed by atoms with Gasteiger partial charge in [0.05, 0.1) is 24.1 Å². The Morgan fingerprint density at radius 1 is 1.08 bits per heavy atom. The molecule has 0 saturated carbocycles. The summed E-state index contributed by atoms with van der Waals surface area (Å²) in [6, 6.07) is 13.9. The highest BCUT2D eigenvalue weighted by atomic mass is 16.5. The SMILES string of the molecule is COc1cccc([C@H]2c3c(oc4ccccc4c3=O)C(=O)N2C)c1. The van der Waals surface area contributed by atoms with E-state index in [0.29, 0.717) is 22.3 Å². The van der Waals surface area contributed by atoms with Crippen LogP contribution in [0.15, 0.2) is 57.7 Å². The third kappa shape index (κ3) is 1.94. The number of nitrogens with zero attached hydrogens (tertiary/aromatic N) is 1. The van der Waals surface area contributed by atoms with Crippen LogP contribution in [-0.2, 0) is 0 Å². The molecular formula is C19H15NO4. The molecule has 3 aromatic rings. The fourth-order valence-electron chi connectivity index (χ4n) is 3.24. The van der Waals surface area contributed by atoms with Gasteiger partial charge in [-0.05, 0) is 29.8 Å². The zero-order valence-electron chi connectivity index (χ0n) is 13.3. The summed E-state index contributed by atoms with van der Waals surface area (Å²) >= 11 is 0. The maximum Gasteiger partial charge on any atom is 0.290 e. The number of carbonyl (C=O) groups excluding carboxylic acids is 1. The lowest BCUT2D eigenvalue weighted by Gasteiger charge is -2.20. The van der Waals surface area contributed by atoms with Crippen LogP contribution in [0.4, 0.5) is 0 Å². The van der Waals surface area contributed by atoms with Crippen LogP contribution in [0.2, 0.25) is 0 Å². The predicted molar refractivity (Wildman–Crippen MR) is 89.4 cm³/mol. The Hall–Kier alpha value is -3.08. The van der Waals surface area contributed by atoms with Gasteiger partial charge in [-0.25, -0.2) is 0 Å². The smallest absolute Gasteiger partial charge is 0.290 e. The van der Waals surface area contributed by atoms with Crippen molar-refractivity contribution in [2.75, 3.05) is 14.2 Å². The second kappa shape index (κ2) is 5.23. The van der Waals surface area contributed by atoms with E-state index in [2.05, 4.69) is 0 Å². The topological polar surface area (TPSA) is 59.8 Å². The number of carbonyl (C=O) groups is 1. The van der Waals surface area contributed by atoms with E-state index in [1.54, 1.807) is 38.4 Å². The van der Waals surface area contributed by atoms with Gasteiger partial charge in [-0.2, -0.15) is 0 Å². The van der Waals surface area contributed by atoms with E-state index in [1.807, 2.05) is 24.3 Å². The fraction of sp³-hybridized carbons (Fsp3) is 0.158. The van der Waals surface area contributed by atoms with Crippen molar-refractivity contribution in [3.63, 3.8) is 0 Å². The van der Waals surface area contributed by atoms with Crippen LogP contribution in [0.1, 0.15) is 27.7 Å². The number of ether oxygens (including phenoxy) is 1. The van der Waals surface area contributed by atoms with Crippen molar-refractivity contribution < 1.29 is 13.9 Å². The number of hydrogen-bond donors (Lipinski definition) is 0. The molecule has 0 bridgehead atoms. The normalized spacial score (nSPS) is 16.5. The molecule has 4 rings (SSSR count). The highest BCUT2D eigenvalue weighted by Crippen LogP contribution is 2.37. The average Bonchev–Trinajstić information content (AvgIpc) is 2.87. The van der Waals surface area contributed by atoms with Gasteiger partial charge >= 0.3 is 0 Å². The van der Waals surface area contributed by atoms with Gasteiger partial charge in [0.2, 0.25) is 5.76 Å². The molecule has 0 spiro atoms. The van der Waals surface area contributed by atoms with Gasteiger partial charge in [0.25, 0.3) is 5.91 Å². The largest absolute Gasteiger partial charge is 0.497 e. The lowest BCUT2D eigenvalue weighted by molar-refractivity contribution is 0.0771. The zero-order valence-corrected chi connectivity index (χ0v) is 13.3. The molecule has 120 valence electrons. The van der Waals surface area contributed by atoms with Crippen molar-refractivity contribution in [1.82, 2.24) is 4.90 Å². The summed E-state index contributed by atoms with van der Waals surface area (Å²) < 4.78 is 11.0. The molecule has 0 unspecified atom stereocenters. The van der Waals surface area contributed by atoms with Crippen LogP contribution in [0.25, 0.3) is 11.0 Å². The molecule has 0 saturated heterocycles. The molecule has 2 aromatic carbocycles. The Labute approximate surface area is 138 Å². The van der Waals surface area contributed by atoms with Gasteiger partial charge in [0.15, 0.2) is 5.43 Å². The number of fused-ring (bicyclic) bond motifs is 2. The third-order valence-electron chi connectivity index (χ3n) is 4.42. The summed E-state index contributed by atoms with van der Waals surface area (Å²) in [5, 5.41) is 0.479. The molecule has 1 atom stereocenters. The molecule has 2 heterocycles. The monoisotopic (exact) mass is 321 g/mol. The minimum atomic E-state index is -0.483. The van der Waals surface area contributed by atoms with Gasteiger partial charge in [0.1, 0.15) is 11.3 Å². The number of hydrogen-bond acceptors (Lipinski definition) is 4. The van der Waals surface area contributed by atoms with Gasteiger partial charge < -0.3 is 14.1 Å². The number of methoxy groups -OCH3 is 1. The first kappa shape index (κ1) is 14.5. The average molecular weight is 321 g/mol. The Kier molecular flexibility index (Phi) is 3.16. The molecule has 5 heteroatoms. The second-order valence-corrected chi connectivity index (χ2v) is 5.77. The predicted octanol–water partition coefficient (Wildman–Crippen LogP) is 2.98. The Bertz CT molecular complexity index is 1020. The van der Waals surface area contributed by atoms with Gasteiger partial charge in [-0.1, -0.05) is 24.3 Å². The molecule has 0 N–H and O–H groups in total. The minimum absolute atomic E-state index is 0.119. The third-order valence-corrected chi connectivity index (χ3v) is 4.42. The van der Waals surface area contributed by atoms with Crippen LogP contribution in [0, 0.1) is 0 Å². The summed E-state index contributed by atoms with van der Waals surface area (Å²) in [6.45, 7) is 0. The summed E-state index contributed by atoms with van der Waals surface area (Å²) in [4.78, 5) is 27.1. The molecular weight excluding hydrogens is 306 g/mol. The molecule has 1 aromatic heterocycles. The van der Waals surface area contributed by atoms with Crippen LogP contribution in [-0.4, -0.2) is 25.0 Å². The van der Waals surface area contributed by atoms with Crippen molar-refractivity contribution in [3.8, 4) is 5.75 Å². The molecule has 0 fully saturated rings. The van der Waals surface area contributed by atoms with E-state index < -0.39 is 6.04 Å². The summed E-state index contributed by atoms with van der Waals surface area (Å²) in [5.41, 5.74) is 1.45. The maximum atomic E-state index is 13.0. The van der Waals surface area contributed by atoms with Crippen molar-refractivity contribution in [1.29, 1.82) is 0 Å². The summed E-state index contributed by atoms with van der Waals surface area (Å²) in [7, 11) is 3.25. The van der Waals surface area contributed by atoms with E-state index >= 15 is 0 Å². The number of amides is 1. The molecule has 0 radical (unpaired) electrons. The Balaban J connectivity index is 2.01. The minimum Gasteiger partial charge on any atom is -0.497 e. The first-order valence-electron chi connectivity index (χ1n) is 7.58. The van der Waals surface area contributed by atoms with Crippen LogP contribution < -0.4 is 10.2 Å². The molecule has 1 amide bonds. The molecule has 1 aliphatic rings. The van der Waals surface area contributed by atoms with Gasteiger partial charge in [0, 0.05) is 7.05 Å². The highest BCUT2D eigenvalue weighted by molar-refractivity contribution is 5.98. The summed E-state index contributed by atoms with van der Waals surface area (Å²) in [6.07, 6.45) is 0. The Morgan fingerprint density at radius 2 is 1.88 bits per heavy atom. The number of rotatable bonds is 2. The zero-order chi connectivity index (χ0) is 16.8. The number of para-hydroxylation sites is 1. The van der Waals surface area contributed by atoms with E-state index in [-0.39, 0.29) is 17.1 Å². The van der Waals surface area contributed by atoms with Gasteiger partial charge in [-0.3, -0.25) is 9.59 Å². The highest BCUT2D eigenvalue weighted by Gasteiger charge is 2.40. The molecule has 24 heavy (non-hydrogen) atoms. The fourth-order valence-corrected chi connectivity index (χ4v) is 3.24. The quantitative estimate of drug-likeness (QED) is 0.728. The standard InChI is InChI=1S/C19H15NO4/c1-20-16(11-6-5-7-12(10-11)23-2)15-17(21)13-8-3-4-9-14(13)24-18(15)19(20)22/h3-10,16H,1-2H3/t16-/m0/s1. The van der Waals surface area contributed by atoms with Crippen LogP contribution in [0.3, 0.4) is 0 Å². The molecule has 1 aliphatic heterocycles. The van der Waals surface area contributed by atoms with Crippen molar-refractivity contribution in [2.45, 2.75) is 6.04 Å². The van der Waals surface area contributed by atoms with Crippen LogP contribution >= 0.6 is 0 Å². The van der Waals surface area contributed by atoms with E-state index in [1.165, 1.54) is 4.90 Å². The Morgan fingerprint density at radius 3 is 2.67 bits per heavy atom. The van der Waals surface area contributed by atoms with Crippen LogP contribution in [0.5, 0.6) is 5.75 Å². The van der Waals surface area contributed by atoms with E-state index in [9.17, 15) is 9.59 Å². The second-order valence-electron chi connectivity index (χ2n) is 5.77. The van der Waals surface area contributed by atoms with Crippen molar-refractivity contribution in [2.24, 2.45) is 0 Å². The maximum absolute atomic E-state index is 13.0. The van der Waals surface area contributed by atoms with Crippen molar-refractivity contribution in [3.05, 3.63) is 75.6 Å². The lowest BCUT2D eigenvalue weighted by atomic mass is 9.98. The number of benzene rings is 2. The lowest BCUT2D eigenvalue weighted by Crippen LogP contribution is -2.25.